The van der Waals surface area contributed by atoms with E-state index in [1.807, 2.05) is 0 Å². The van der Waals surface area contributed by atoms with Crippen LogP contribution in [0.5, 0.6) is 0 Å². The lowest BCUT2D eigenvalue weighted by Gasteiger charge is -2.63. The minimum atomic E-state index is 0.581. The molecule has 3 saturated heterocycles. The van der Waals surface area contributed by atoms with Crippen LogP contribution in [0.2, 0.25) is 0 Å². The fourth-order valence-corrected chi connectivity index (χ4v) is 6.62. The molecule has 1 aliphatic carbocycles. The summed E-state index contributed by atoms with van der Waals surface area (Å²) >= 11 is 0. The average molecular weight is 369 g/mol. The van der Waals surface area contributed by atoms with Crippen molar-refractivity contribution >= 4 is 0 Å². The van der Waals surface area contributed by atoms with Crippen LogP contribution in [0.3, 0.4) is 0 Å². The van der Waals surface area contributed by atoms with Gasteiger partial charge in [-0.3, -0.25) is 4.90 Å². The van der Waals surface area contributed by atoms with E-state index < -0.39 is 0 Å². The highest BCUT2D eigenvalue weighted by atomic mass is 16.5. The van der Waals surface area contributed by atoms with Crippen molar-refractivity contribution in [2.24, 2.45) is 5.41 Å². The van der Waals surface area contributed by atoms with Gasteiger partial charge in [0.25, 0.3) is 0 Å². The Kier molecular flexibility index (Phi) is 5.28. The summed E-state index contributed by atoms with van der Waals surface area (Å²) in [6.07, 6.45) is 12.4. The number of hydrogen-bond acceptors (Lipinski definition) is 3. The SMILES string of the molecule is c1ccc(C2N(C3CCN(C4CCOCC4)CC3)CC23CCCCC3)cc1. The van der Waals surface area contributed by atoms with Gasteiger partial charge in [-0.25, -0.2) is 0 Å². The third kappa shape index (κ3) is 3.47. The quantitative estimate of drug-likeness (QED) is 0.773. The van der Waals surface area contributed by atoms with Gasteiger partial charge in [0.1, 0.15) is 0 Å². The van der Waals surface area contributed by atoms with Gasteiger partial charge in [-0.15, -0.1) is 0 Å². The van der Waals surface area contributed by atoms with Gasteiger partial charge < -0.3 is 9.64 Å². The Bertz CT molecular complexity index is 598. The van der Waals surface area contributed by atoms with E-state index in [-0.39, 0.29) is 0 Å². The van der Waals surface area contributed by atoms with Gasteiger partial charge in [0.2, 0.25) is 0 Å². The number of likely N-dealkylation sites (tertiary alicyclic amines) is 2. The van der Waals surface area contributed by atoms with E-state index in [9.17, 15) is 0 Å². The highest BCUT2D eigenvalue weighted by Gasteiger charge is 2.54. The molecule has 1 aromatic carbocycles. The molecule has 3 aliphatic heterocycles. The van der Waals surface area contributed by atoms with Crippen molar-refractivity contribution in [2.45, 2.75) is 75.9 Å². The van der Waals surface area contributed by atoms with Gasteiger partial charge in [-0.05, 0) is 57.2 Å². The summed E-state index contributed by atoms with van der Waals surface area (Å²) in [4.78, 5) is 5.68. The Morgan fingerprint density at radius 1 is 0.815 bits per heavy atom. The normalized spacial score (nSPS) is 31.0. The van der Waals surface area contributed by atoms with Gasteiger partial charge >= 0.3 is 0 Å². The minimum Gasteiger partial charge on any atom is -0.381 e. The fraction of sp³-hybridized carbons (Fsp3) is 0.750. The lowest BCUT2D eigenvalue weighted by atomic mass is 9.60. The fourth-order valence-electron chi connectivity index (χ4n) is 6.62. The predicted molar refractivity (Wildman–Crippen MR) is 110 cm³/mol. The molecule has 27 heavy (non-hydrogen) atoms. The lowest BCUT2D eigenvalue weighted by molar-refractivity contribution is -0.135. The van der Waals surface area contributed by atoms with E-state index in [0.717, 1.165) is 25.3 Å². The molecular formula is C24H36N2O. The van der Waals surface area contributed by atoms with Gasteiger partial charge in [-0.1, -0.05) is 49.6 Å². The van der Waals surface area contributed by atoms with Crippen molar-refractivity contribution in [1.82, 2.24) is 9.80 Å². The third-order valence-electron chi connectivity index (χ3n) is 8.05. The van der Waals surface area contributed by atoms with Crippen LogP contribution in [-0.2, 0) is 4.74 Å². The van der Waals surface area contributed by atoms with E-state index in [2.05, 4.69) is 40.1 Å². The average Bonchev–Trinajstić information content (AvgIpc) is 2.74. The van der Waals surface area contributed by atoms with Crippen LogP contribution in [0.1, 0.15) is 69.4 Å². The number of rotatable bonds is 3. The summed E-state index contributed by atoms with van der Waals surface area (Å²) in [7, 11) is 0. The first kappa shape index (κ1) is 18.1. The largest absolute Gasteiger partial charge is 0.381 e. The maximum Gasteiger partial charge on any atom is 0.0480 e. The maximum atomic E-state index is 5.57. The zero-order chi connectivity index (χ0) is 18.1. The van der Waals surface area contributed by atoms with Crippen LogP contribution in [0.15, 0.2) is 30.3 Å². The Labute approximate surface area is 165 Å². The first-order chi connectivity index (χ1) is 13.4. The molecule has 0 aromatic heterocycles. The Morgan fingerprint density at radius 3 is 2.22 bits per heavy atom. The standard InChI is InChI=1S/C24H36N2O/c1-3-7-20(8-4-1)23-24(13-5-2-6-14-24)19-26(23)22-9-15-25(16-10-22)21-11-17-27-18-12-21/h1,3-4,7-8,21-23H,2,5-6,9-19H2. The topological polar surface area (TPSA) is 15.7 Å². The van der Waals surface area contributed by atoms with E-state index in [4.69, 9.17) is 4.74 Å². The Morgan fingerprint density at radius 2 is 1.52 bits per heavy atom. The molecule has 4 fully saturated rings. The minimum absolute atomic E-state index is 0.581. The van der Waals surface area contributed by atoms with Gasteiger partial charge in [0.15, 0.2) is 0 Å². The number of piperidine rings is 1. The van der Waals surface area contributed by atoms with Crippen LogP contribution >= 0.6 is 0 Å². The van der Waals surface area contributed by atoms with E-state index in [1.54, 1.807) is 5.56 Å². The first-order valence-corrected chi connectivity index (χ1v) is 11.5. The number of benzene rings is 1. The van der Waals surface area contributed by atoms with E-state index in [0.29, 0.717) is 11.5 Å². The molecule has 3 nitrogen and oxygen atoms in total. The molecule has 0 radical (unpaired) electrons. The van der Waals surface area contributed by atoms with Crippen molar-refractivity contribution in [1.29, 1.82) is 0 Å². The third-order valence-corrected chi connectivity index (χ3v) is 8.05. The molecule has 0 bridgehead atoms. The first-order valence-electron chi connectivity index (χ1n) is 11.5. The van der Waals surface area contributed by atoms with Crippen molar-refractivity contribution in [3.8, 4) is 0 Å². The van der Waals surface area contributed by atoms with Gasteiger partial charge in [0.05, 0.1) is 0 Å². The van der Waals surface area contributed by atoms with Crippen molar-refractivity contribution < 1.29 is 4.74 Å². The van der Waals surface area contributed by atoms with Crippen LogP contribution in [0, 0.1) is 5.41 Å². The second kappa shape index (κ2) is 7.85. The molecule has 0 N–H and O–H groups in total. The van der Waals surface area contributed by atoms with Crippen LogP contribution in [0.4, 0.5) is 0 Å². The molecule has 1 spiro atoms. The summed E-state index contributed by atoms with van der Waals surface area (Å²) in [5.74, 6) is 0. The summed E-state index contributed by atoms with van der Waals surface area (Å²) in [6.45, 7) is 5.87. The molecule has 3 heteroatoms. The molecule has 1 saturated carbocycles. The molecule has 1 unspecified atom stereocenters. The number of nitrogens with zero attached hydrogens (tertiary/aromatic N) is 2. The Balaban J connectivity index is 1.27. The van der Waals surface area contributed by atoms with Gasteiger partial charge in [-0.2, -0.15) is 0 Å². The molecule has 0 amide bonds. The predicted octanol–water partition coefficient (Wildman–Crippen LogP) is 4.64. The molecule has 148 valence electrons. The molecule has 1 aromatic rings. The van der Waals surface area contributed by atoms with Crippen LogP contribution in [0.25, 0.3) is 0 Å². The molecule has 4 aliphatic rings. The summed E-state index contributed by atoms with van der Waals surface area (Å²) in [5, 5.41) is 0. The molecule has 5 rings (SSSR count). The summed E-state index contributed by atoms with van der Waals surface area (Å²) < 4.78 is 5.57. The molecule has 3 heterocycles. The van der Waals surface area contributed by atoms with E-state index >= 15 is 0 Å². The summed E-state index contributed by atoms with van der Waals surface area (Å²) in [6, 6.07) is 13.7. The van der Waals surface area contributed by atoms with Crippen molar-refractivity contribution in [3.05, 3.63) is 35.9 Å². The lowest BCUT2D eigenvalue weighted by Crippen LogP contribution is -2.64. The van der Waals surface area contributed by atoms with Crippen LogP contribution < -0.4 is 0 Å². The number of hydrogen-bond donors (Lipinski definition) is 0. The van der Waals surface area contributed by atoms with Crippen molar-refractivity contribution in [2.75, 3.05) is 32.8 Å². The molecule has 1 atom stereocenters. The van der Waals surface area contributed by atoms with E-state index in [1.165, 1.54) is 77.4 Å². The van der Waals surface area contributed by atoms with Crippen LogP contribution in [-0.4, -0.2) is 54.7 Å². The second-order valence-corrected chi connectivity index (χ2v) is 9.52. The maximum absolute atomic E-state index is 5.57. The second-order valence-electron chi connectivity index (χ2n) is 9.52. The van der Waals surface area contributed by atoms with Crippen molar-refractivity contribution in [3.63, 3.8) is 0 Å². The smallest absolute Gasteiger partial charge is 0.0480 e. The zero-order valence-electron chi connectivity index (χ0n) is 16.8. The van der Waals surface area contributed by atoms with Gasteiger partial charge in [0, 0.05) is 43.3 Å². The molecular weight excluding hydrogens is 332 g/mol. The Hall–Kier alpha value is -0.900. The highest BCUT2D eigenvalue weighted by Crippen LogP contribution is 2.58. The number of ether oxygens (including phenoxy) is 1. The summed E-state index contributed by atoms with van der Waals surface area (Å²) in [5.41, 5.74) is 2.16. The monoisotopic (exact) mass is 368 g/mol. The zero-order valence-corrected chi connectivity index (χ0v) is 16.8. The highest BCUT2D eigenvalue weighted by molar-refractivity contribution is 5.26.